The highest BCUT2D eigenvalue weighted by Gasteiger charge is 2.08. The highest BCUT2D eigenvalue weighted by atomic mass is 32.2. The van der Waals surface area contributed by atoms with Gasteiger partial charge in [0.25, 0.3) is 0 Å². The van der Waals surface area contributed by atoms with E-state index >= 15 is 0 Å². The van der Waals surface area contributed by atoms with E-state index in [2.05, 4.69) is 15.5 Å². The van der Waals surface area contributed by atoms with Crippen LogP contribution in [0.1, 0.15) is 11.1 Å². The fourth-order valence-corrected chi connectivity index (χ4v) is 3.28. The number of aryl methyl sites for hydroxylation is 1. The third-order valence-electron chi connectivity index (χ3n) is 4.08. The number of hydrogen-bond donors (Lipinski definition) is 1. The molecular weight excluding hydrogens is 358 g/mol. The first-order chi connectivity index (χ1) is 13.2. The van der Waals surface area contributed by atoms with Crippen molar-refractivity contribution in [2.24, 2.45) is 0 Å². The van der Waals surface area contributed by atoms with Crippen LogP contribution in [0.15, 0.2) is 65.7 Å². The molecule has 3 aromatic rings. The lowest BCUT2D eigenvalue weighted by Crippen LogP contribution is -2.24. The number of ether oxygens (including phenoxy) is 1. The number of thioether (sulfide) groups is 1. The van der Waals surface area contributed by atoms with Gasteiger partial charge in [-0.3, -0.25) is 4.79 Å². The molecule has 0 fully saturated rings. The Kier molecular flexibility index (Phi) is 6.44. The van der Waals surface area contributed by atoms with E-state index in [0.29, 0.717) is 6.54 Å². The summed E-state index contributed by atoms with van der Waals surface area (Å²) in [4.78, 5) is 12.1. The maximum atomic E-state index is 12.1. The number of carbonyl (C=O) groups is 1. The minimum absolute atomic E-state index is 0.0595. The molecule has 1 N–H and O–H groups in total. The fourth-order valence-electron chi connectivity index (χ4n) is 2.63. The van der Waals surface area contributed by atoms with Crippen LogP contribution in [0.2, 0.25) is 0 Å². The molecule has 1 heterocycles. The summed E-state index contributed by atoms with van der Waals surface area (Å²) in [6.45, 7) is 2.48. The van der Waals surface area contributed by atoms with E-state index in [1.807, 2.05) is 67.6 Å². The quantitative estimate of drug-likeness (QED) is 0.632. The molecule has 0 atom stereocenters. The molecule has 0 spiro atoms. The first kappa shape index (κ1) is 18.9. The van der Waals surface area contributed by atoms with E-state index in [9.17, 15) is 4.79 Å². The van der Waals surface area contributed by atoms with Crippen LogP contribution in [0, 0.1) is 6.92 Å². The zero-order valence-electron chi connectivity index (χ0n) is 15.3. The van der Waals surface area contributed by atoms with Crippen molar-refractivity contribution in [2.45, 2.75) is 18.5 Å². The van der Waals surface area contributed by atoms with Crippen LogP contribution in [0.4, 0.5) is 0 Å². The Labute approximate surface area is 163 Å². The van der Waals surface area contributed by atoms with Crippen molar-refractivity contribution in [2.75, 3.05) is 12.9 Å². The second-order valence-corrected chi connectivity index (χ2v) is 6.94. The average Bonchev–Trinajstić information content (AvgIpc) is 2.71. The van der Waals surface area contributed by atoms with Gasteiger partial charge >= 0.3 is 0 Å². The molecule has 0 saturated carbocycles. The molecule has 0 unspecified atom stereocenters. The van der Waals surface area contributed by atoms with Gasteiger partial charge in [0.05, 0.1) is 18.6 Å². The molecule has 0 aliphatic carbocycles. The van der Waals surface area contributed by atoms with Crippen LogP contribution < -0.4 is 10.1 Å². The van der Waals surface area contributed by atoms with E-state index in [1.54, 1.807) is 7.11 Å². The number of benzene rings is 2. The molecule has 0 aliphatic heterocycles. The molecule has 138 valence electrons. The molecule has 5 nitrogen and oxygen atoms in total. The smallest absolute Gasteiger partial charge is 0.230 e. The Hall–Kier alpha value is -2.86. The summed E-state index contributed by atoms with van der Waals surface area (Å²) in [5.74, 6) is 0.992. The monoisotopic (exact) mass is 379 g/mol. The number of rotatable bonds is 7. The summed E-state index contributed by atoms with van der Waals surface area (Å²) < 4.78 is 5.29. The molecule has 0 bridgehead atoms. The first-order valence-corrected chi connectivity index (χ1v) is 9.57. The summed E-state index contributed by atoms with van der Waals surface area (Å²) in [7, 11) is 1.62. The number of amides is 1. The van der Waals surface area contributed by atoms with Gasteiger partial charge in [0.15, 0.2) is 0 Å². The molecule has 6 heteroatoms. The maximum Gasteiger partial charge on any atom is 0.230 e. The molecule has 1 aromatic heterocycles. The predicted octanol–water partition coefficient (Wildman–Crippen LogP) is 3.87. The zero-order valence-corrected chi connectivity index (χ0v) is 16.1. The van der Waals surface area contributed by atoms with Gasteiger partial charge in [0, 0.05) is 17.7 Å². The standard InChI is InChI=1S/C21H21N3O2S/c1-15-7-3-5-9-17(15)18-11-12-21(24-23-18)27-14-20(25)22-13-16-8-4-6-10-19(16)26-2/h3-12H,13-14H2,1-2H3,(H,22,25). The number of hydrogen-bond acceptors (Lipinski definition) is 5. The summed E-state index contributed by atoms with van der Waals surface area (Å²) in [5.41, 5.74) is 4.00. The van der Waals surface area contributed by atoms with Crippen LogP contribution in [0.25, 0.3) is 11.3 Å². The second-order valence-electron chi connectivity index (χ2n) is 5.95. The molecule has 0 saturated heterocycles. The van der Waals surface area contributed by atoms with Gasteiger partial charge in [-0.15, -0.1) is 10.2 Å². The molecule has 0 aliphatic rings. The van der Waals surface area contributed by atoms with Crippen LogP contribution in [0.3, 0.4) is 0 Å². The third-order valence-corrected chi connectivity index (χ3v) is 5.00. The summed E-state index contributed by atoms with van der Waals surface area (Å²) in [6, 6.07) is 19.5. The van der Waals surface area contributed by atoms with Gasteiger partial charge in [0.1, 0.15) is 10.8 Å². The molecule has 2 aromatic carbocycles. The van der Waals surface area contributed by atoms with E-state index in [0.717, 1.165) is 33.2 Å². The zero-order chi connectivity index (χ0) is 19.1. The number of para-hydroxylation sites is 1. The van der Waals surface area contributed by atoms with Crippen molar-refractivity contribution >= 4 is 17.7 Å². The largest absolute Gasteiger partial charge is 0.496 e. The van der Waals surface area contributed by atoms with E-state index in [1.165, 1.54) is 11.8 Å². The lowest BCUT2D eigenvalue weighted by Gasteiger charge is -2.09. The third kappa shape index (κ3) is 5.08. The lowest BCUT2D eigenvalue weighted by atomic mass is 10.1. The van der Waals surface area contributed by atoms with E-state index in [4.69, 9.17) is 4.74 Å². The normalized spacial score (nSPS) is 10.4. The number of methoxy groups -OCH3 is 1. The fraction of sp³-hybridized carbons (Fsp3) is 0.190. The van der Waals surface area contributed by atoms with E-state index in [-0.39, 0.29) is 11.7 Å². The maximum absolute atomic E-state index is 12.1. The van der Waals surface area contributed by atoms with E-state index < -0.39 is 0 Å². The van der Waals surface area contributed by atoms with Crippen LogP contribution in [0.5, 0.6) is 5.75 Å². The van der Waals surface area contributed by atoms with Crippen LogP contribution in [-0.2, 0) is 11.3 Å². The molecule has 0 radical (unpaired) electrons. The van der Waals surface area contributed by atoms with Crippen molar-refractivity contribution < 1.29 is 9.53 Å². The van der Waals surface area contributed by atoms with Gasteiger partial charge in [-0.1, -0.05) is 54.2 Å². The molecular formula is C21H21N3O2S. The summed E-state index contributed by atoms with van der Waals surface area (Å²) in [6.07, 6.45) is 0. The van der Waals surface area contributed by atoms with Gasteiger partial charge < -0.3 is 10.1 Å². The minimum atomic E-state index is -0.0595. The van der Waals surface area contributed by atoms with Crippen molar-refractivity contribution in [3.05, 3.63) is 71.8 Å². The van der Waals surface area contributed by atoms with Crippen molar-refractivity contribution in [3.8, 4) is 17.0 Å². The van der Waals surface area contributed by atoms with Crippen LogP contribution in [-0.4, -0.2) is 29.0 Å². The Bertz CT molecular complexity index is 913. The molecule has 1 amide bonds. The number of nitrogens with zero attached hydrogens (tertiary/aromatic N) is 2. The highest BCUT2D eigenvalue weighted by molar-refractivity contribution is 7.99. The van der Waals surface area contributed by atoms with Gasteiger partial charge in [-0.05, 0) is 30.7 Å². The SMILES string of the molecule is COc1ccccc1CNC(=O)CSc1ccc(-c2ccccc2C)nn1. The molecule has 27 heavy (non-hydrogen) atoms. The summed E-state index contributed by atoms with van der Waals surface area (Å²) >= 11 is 1.36. The lowest BCUT2D eigenvalue weighted by molar-refractivity contribution is -0.118. The summed E-state index contributed by atoms with van der Waals surface area (Å²) in [5, 5.41) is 12.1. The Balaban J connectivity index is 1.52. The Morgan fingerprint density at radius 3 is 2.56 bits per heavy atom. The predicted molar refractivity (Wildman–Crippen MR) is 108 cm³/mol. The average molecular weight is 379 g/mol. The topological polar surface area (TPSA) is 64.1 Å². The number of carbonyl (C=O) groups excluding carboxylic acids is 1. The highest BCUT2D eigenvalue weighted by Crippen LogP contribution is 2.22. The minimum Gasteiger partial charge on any atom is -0.496 e. The van der Waals surface area contributed by atoms with Crippen molar-refractivity contribution in [1.29, 1.82) is 0 Å². The Morgan fingerprint density at radius 1 is 1.04 bits per heavy atom. The van der Waals surface area contributed by atoms with Crippen molar-refractivity contribution in [1.82, 2.24) is 15.5 Å². The first-order valence-electron chi connectivity index (χ1n) is 8.58. The Morgan fingerprint density at radius 2 is 1.81 bits per heavy atom. The number of aromatic nitrogens is 2. The van der Waals surface area contributed by atoms with Gasteiger partial charge in [0.2, 0.25) is 5.91 Å². The molecule has 3 rings (SSSR count). The van der Waals surface area contributed by atoms with Crippen LogP contribution >= 0.6 is 11.8 Å². The number of nitrogens with one attached hydrogen (secondary N) is 1. The van der Waals surface area contributed by atoms with Gasteiger partial charge in [-0.2, -0.15) is 0 Å². The second kappa shape index (κ2) is 9.19. The van der Waals surface area contributed by atoms with Crippen molar-refractivity contribution in [3.63, 3.8) is 0 Å². The van der Waals surface area contributed by atoms with Gasteiger partial charge in [-0.25, -0.2) is 0 Å².